The lowest BCUT2D eigenvalue weighted by molar-refractivity contribution is 0.200. The lowest BCUT2D eigenvalue weighted by atomic mass is 10.2. The van der Waals surface area contributed by atoms with Crippen LogP contribution in [0.1, 0.15) is 0 Å². The molecule has 22 heavy (non-hydrogen) atoms. The van der Waals surface area contributed by atoms with Gasteiger partial charge in [-0.15, -0.1) is 0 Å². The van der Waals surface area contributed by atoms with Crippen LogP contribution < -0.4 is 9.64 Å². The lowest BCUT2D eigenvalue weighted by Gasteiger charge is -2.36. The molecular formula is C17H20FN3O. The van der Waals surface area contributed by atoms with Gasteiger partial charge in [0, 0.05) is 38.9 Å². The third kappa shape index (κ3) is 3.74. The predicted molar refractivity (Wildman–Crippen MR) is 84.8 cm³/mol. The minimum atomic E-state index is -0.247. The SMILES string of the molecule is Fc1cnccc1N1CCN(CCOc2ccccc2)CC1. The van der Waals surface area contributed by atoms with E-state index in [4.69, 9.17) is 4.74 Å². The summed E-state index contributed by atoms with van der Waals surface area (Å²) in [6, 6.07) is 11.6. The Kier molecular flexibility index (Phi) is 4.85. The Morgan fingerprint density at radius 1 is 1.05 bits per heavy atom. The third-order valence-corrected chi connectivity index (χ3v) is 3.88. The van der Waals surface area contributed by atoms with E-state index in [1.807, 2.05) is 30.3 Å². The summed E-state index contributed by atoms with van der Waals surface area (Å²) in [5.41, 5.74) is 0.648. The standard InChI is InChI=1S/C17H20FN3O/c18-16-14-19-7-6-17(16)21-10-8-20(9-11-21)12-13-22-15-4-2-1-3-5-15/h1-7,14H,8-13H2. The fourth-order valence-electron chi connectivity index (χ4n) is 2.65. The van der Waals surface area contributed by atoms with Crippen molar-refractivity contribution in [3.8, 4) is 5.75 Å². The van der Waals surface area contributed by atoms with E-state index in [0.29, 0.717) is 12.3 Å². The summed E-state index contributed by atoms with van der Waals surface area (Å²) in [6.07, 6.45) is 2.91. The first kappa shape index (κ1) is 14.8. The Labute approximate surface area is 130 Å². The normalized spacial score (nSPS) is 15.8. The Hall–Kier alpha value is -2.14. The van der Waals surface area contributed by atoms with Crippen LogP contribution >= 0.6 is 0 Å². The second-order valence-corrected chi connectivity index (χ2v) is 5.32. The van der Waals surface area contributed by atoms with Crippen LogP contribution in [0.2, 0.25) is 0 Å². The van der Waals surface area contributed by atoms with E-state index < -0.39 is 0 Å². The molecule has 1 aliphatic heterocycles. The molecule has 1 aromatic heterocycles. The van der Waals surface area contributed by atoms with Crippen LogP contribution in [0.3, 0.4) is 0 Å². The largest absolute Gasteiger partial charge is 0.492 e. The van der Waals surface area contributed by atoms with E-state index in [9.17, 15) is 4.39 Å². The van der Waals surface area contributed by atoms with Crippen LogP contribution in [-0.2, 0) is 0 Å². The summed E-state index contributed by atoms with van der Waals surface area (Å²) >= 11 is 0. The van der Waals surface area contributed by atoms with Crippen molar-refractivity contribution in [2.75, 3.05) is 44.2 Å². The van der Waals surface area contributed by atoms with Crippen LogP contribution in [0, 0.1) is 5.82 Å². The topological polar surface area (TPSA) is 28.6 Å². The average Bonchev–Trinajstić information content (AvgIpc) is 2.57. The van der Waals surface area contributed by atoms with Gasteiger partial charge in [-0.2, -0.15) is 0 Å². The molecule has 0 spiro atoms. The maximum absolute atomic E-state index is 13.7. The first-order chi connectivity index (χ1) is 10.8. The number of ether oxygens (including phenoxy) is 1. The van der Waals surface area contributed by atoms with E-state index in [2.05, 4.69) is 14.8 Å². The highest BCUT2D eigenvalue weighted by Gasteiger charge is 2.19. The van der Waals surface area contributed by atoms with Gasteiger partial charge in [0.2, 0.25) is 0 Å². The number of halogens is 1. The second-order valence-electron chi connectivity index (χ2n) is 5.32. The van der Waals surface area contributed by atoms with E-state index in [0.717, 1.165) is 38.5 Å². The molecule has 0 bridgehead atoms. The van der Waals surface area contributed by atoms with Crippen molar-refractivity contribution in [3.05, 3.63) is 54.6 Å². The molecule has 1 aliphatic rings. The van der Waals surface area contributed by atoms with Crippen LogP contribution in [0.25, 0.3) is 0 Å². The molecule has 3 rings (SSSR count). The second kappa shape index (κ2) is 7.22. The van der Waals surface area contributed by atoms with Gasteiger partial charge in [-0.25, -0.2) is 4.39 Å². The zero-order valence-corrected chi connectivity index (χ0v) is 12.5. The summed E-state index contributed by atoms with van der Waals surface area (Å²) in [5.74, 6) is 0.656. The Bertz CT molecular complexity index is 585. The van der Waals surface area contributed by atoms with Crippen molar-refractivity contribution in [2.45, 2.75) is 0 Å². The van der Waals surface area contributed by atoms with Crippen LogP contribution in [0.5, 0.6) is 5.75 Å². The predicted octanol–water partition coefficient (Wildman–Crippen LogP) is 2.42. The minimum Gasteiger partial charge on any atom is -0.492 e. The van der Waals surface area contributed by atoms with Crippen LogP contribution in [0.4, 0.5) is 10.1 Å². The molecule has 0 atom stereocenters. The Morgan fingerprint density at radius 2 is 1.82 bits per heavy atom. The molecule has 116 valence electrons. The Balaban J connectivity index is 1.43. The minimum absolute atomic E-state index is 0.247. The number of hydrogen-bond acceptors (Lipinski definition) is 4. The summed E-state index contributed by atoms with van der Waals surface area (Å²) in [4.78, 5) is 8.22. The van der Waals surface area contributed by atoms with Crippen molar-refractivity contribution in [3.63, 3.8) is 0 Å². The fraction of sp³-hybridized carbons (Fsp3) is 0.353. The van der Waals surface area contributed by atoms with Gasteiger partial charge < -0.3 is 9.64 Å². The van der Waals surface area contributed by atoms with E-state index in [1.54, 1.807) is 12.3 Å². The monoisotopic (exact) mass is 301 g/mol. The van der Waals surface area contributed by atoms with E-state index in [1.165, 1.54) is 6.20 Å². The van der Waals surface area contributed by atoms with Crippen molar-refractivity contribution < 1.29 is 9.13 Å². The number of aromatic nitrogens is 1. The number of pyridine rings is 1. The third-order valence-electron chi connectivity index (χ3n) is 3.88. The molecule has 1 aromatic carbocycles. The zero-order valence-electron chi connectivity index (χ0n) is 12.5. The highest BCUT2D eigenvalue weighted by molar-refractivity contribution is 5.46. The molecular weight excluding hydrogens is 281 g/mol. The van der Waals surface area contributed by atoms with Gasteiger partial charge in [-0.1, -0.05) is 18.2 Å². The maximum Gasteiger partial charge on any atom is 0.164 e. The van der Waals surface area contributed by atoms with Gasteiger partial charge in [0.05, 0.1) is 11.9 Å². The molecule has 5 heteroatoms. The van der Waals surface area contributed by atoms with E-state index >= 15 is 0 Å². The molecule has 0 N–H and O–H groups in total. The molecule has 1 fully saturated rings. The molecule has 4 nitrogen and oxygen atoms in total. The lowest BCUT2D eigenvalue weighted by Crippen LogP contribution is -2.47. The molecule has 2 aromatic rings. The summed E-state index contributed by atoms with van der Waals surface area (Å²) in [5, 5.41) is 0. The highest BCUT2D eigenvalue weighted by Crippen LogP contribution is 2.19. The first-order valence-corrected chi connectivity index (χ1v) is 7.57. The van der Waals surface area contributed by atoms with Crippen molar-refractivity contribution in [2.24, 2.45) is 0 Å². The molecule has 2 heterocycles. The van der Waals surface area contributed by atoms with Gasteiger partial charge >= 0.3 is 0 Å². The number of anilines is 1. The summed E-state index contributed by atoms with van der Waals surface area (Å²) in [6.45, 7) is 5.05. The molecule has 0 unspecified atom stereocenters. The number of nitrogens with zero attached hydrogens (tertiary/aromatic N) is 3. The summed E-state index contributed by atoms with van der Waals surface area (Å²) in [7, 11) is 0. The highest BCUT2D eigenvalue weighted by atomic mass is 19.1. The molecule has 1 saturated heterocycles. The van der Waals surface area contributed by atoms with Crippen molar-refractivity contribution >= 4 is 5.69 Å². The smallest absolute Gasteiger partial charge is 0.164 e. The molecule has 0 saturated carbocycles. The van der Waals surface area contributed by atoms with Crippen molar-refractivity contribution in [1.82, 2.24) is 9.88 Å². The van der Waals surface area contributed by atoms with Crippen LogP contribution in [0.15, 0.2) is 48.8 Å². The number of hydrogen-bond donors (Lipinski definition) is 0. The van der Waals surface area contributed by atoms with Gasteiger partial charge in [-0.3, -0.25) is 9.88 Å². The molecule has 0 aliphatic carbocycles. The average molecular weight is 301 g/mol. The fourth-order valence-corrected chi connectivity index (χ4v) is 2.65. The number of piperazine rings is 1. The molecule has 0 radical (unpaired) electrons. The number of rotatable bonds is 5. The molecule has 0 amide bonds. The number of benzene rings is 1. The first-order valence-electron chi connectivity index (χ1n) is 7.57. The van der Waals surface area contributed by atoms with Crippen molar-refractivity contribution in [1.29, 1.82) is 0 Å². The van der Waals surface area contributed by atoms with Gasteiger partial charge in [0.1, 0.15) is 12.4 Å². The van der Waals surface area contributed by atoms with Gasteiger partial charge in [0.25, 0.3) is 0 Å². The van der Waals surface area contributed by atoms with Gasteiger partial charge in [-0.05, 0) is 18.2 Å². The number of para-hydroxylation sites is 1. The van der Waals surface area contributed by atoms with E-state index in [-0.39, 0.29) is 5.82 Å². The summed E-state index contributed by atoms with van der Waals surface area (Å²) < 4.78 is 19.4. The Morgan fingerprint density at radius 3 is 2.55 bits per heavy atom. The quantitative estimate of drug-likeness (QED) is 0.848. The zero-order chi connectivity index (χ0) is 15.2. The maximum atomic E-state index is 13.7. The van der Waals surface area contributed by atoms with Crippen LogP contribution in [-0.4, -0.2) is 49.2 Å². The van der Waals surface area contributed by atoms with Gasteiger partial charge in [0.15, 0.2) is 5.82 Å².